The number of hydrogen-bond acceptors (Lipinski definition) is 3. The fourth-order valence-electron chi connectivity index (χ4n) is 2.89. The lowest BCUT2D eigenvalue weighted by Crippen LogP contribution is -2.38. The van der Waals surface area contributed by atoms with E-state index in [0.717, 1.165) is 32.3 Å². The number of hydrogen-bond donors (Lipinski definition) is 0. The van der Waals surface area contributed by atoms with Crippen molar-refractivity contribution in [3.8, 4) is 0 Å². The minimum atomic E-state index is -0.219. The van der Waals surface area contributed by atoms with Gasteiger partial charge >= 0.3 is 5.97 Å². The van der Waals surface area contributed by atoms with Gasteiger partial charge in [0, 0.05) is 13.0 Å². The van der Waals surface area contributed by atoms with Crippen molar-refractivity contribution in [2.24, 2.45) is 0 Å². The van der Waals surface area contributed by atoms with Crippen molar-refractivity contribution in [2.75, 3.05) is 13.2 Å². The Labute approximate surface area is 139 Å². The molecule has 0 radical (unpaired) electrons. The maximum atomic E-state index is 11.3. The summed E-state index contributed by atoms with van der Waals surface area (Å²) in [6, 6.07) is 6.53. The maximum Gasteiger partial charge on any atom is 0.305 e. The third-order valence-electron chi connectivity index (χ3n) is 4.19. The van der Waals surface area contributed by atoms with E-state index in [4.69, 9.17) is 9.47 Å². The van der Waals surface area contributed by atoms with Crippen molar-refractivity contribution in [2.45, 2.75) is 58.5 Å². The molecule has 1 aromatic rings. The summed E-state index contributed by atoms with van der Waals surface area (Å²) in [7, 11) is 0. The molecule has 1 aromatic carbocycles. The Morgan fingerprint density at radius 2 is 2.04 bits per heavy atom. The van der Waals surface area contributed by atoms with Crippen LogP contribution in [0.15, 0.2) is 18.2 Å². The molecular formula is C20H28O3. The first-order valence-corrected chi connectivity index (χ1v) is 8.62. The van der Waals surface area contributed by atoms with Crippen LogP contribution in [0.1, 0.15) is 51.5 Å². The van der Waals surface area contributed by atoms with E-state index in [1.807, 2.05) is 6.92 Å². The molecule has 2 rings (SSSR count). The third-order valence-corrected chi connectivity index (χ3v) is 4.19. The number of carbonyl (C=O) groups excluding carboxylic acids is 1. The largest absolute Gasteiger partial charge is 0.466 e. The molecule has 1 aliphatic carbocycles. The van der Waals surface area contributed by atoms with Crippen molar-refractivity contribution >= 4 is 18.1 Å². The van der Waals surface area contributed by atoms with Gasteiger partial charge in [0.1, 0.15) is 0 Å². The van der Waals surface area contributed by atoms with Crippen LogP contribution in [0.25, 0.3) is 12.2 Å². The SMILES string of the molecule is CCOC(=O)CCCCCOC1(C)C=c2ccc(C)cc2=CC1. The van der Waals surface area contributed by atoms with Gasteiger partial charge in [-0.05, 0) is 56.5 Å². The molecule has 0 bridgehead atoms. The topological polar surface area (TPSA) is 35.5 Å². The fraction of sp³-hybridized carbons (Fsp3) is 0.550. The molecule has 0 fully saturated rings. The molecule has 3 nitrogen and oxygen atoms in total. The number of rotatable bonds is 8. The van der Waals surface area contributed by atoms with Gasteiger partial charge < -0.3 is 9.47 Å². The molecule has 1 atom stereocenters. The molecule has 0 amide bonds. The van der Waals surface area contributed by atoms with Gasteiger partial charge in [-0.15, -0.1) is 0 Å². The van der Waals surface area contributed by atoms with E-state index in [2.05, 4.69) is 44.2 Å². The summed E-state index contributed by atoms with van der Waals surface area (Å²) in [6.07, 6.45) is 8.77. The Bertz CT molecular complexity index is 647. The summed E-state index contributed by atoms with van der Waals surface area (Å²) in [5.74, 6) is -0.0949. The molecule has 3 heteroatoms. The summed E-state index contributed by atoms with van der Waals surface area (Å²) >= 11 is 0. The van der Waals surface area contributed by atoms with Gasteiger partial charge in [0.05, 0.1) is 12.2 Å². The molecule has 1 aliphatic rings. The Morgan fingerprint density at radius 3 is 2.83 bits per heavy atom. The molecule has 0 saturated carbocycles. The number of fused-ring (bicyclic) bond motifs is 1. The first-order chi connectivity index (χ1) is 11.0. The molecule has 0 aliphatic heterocycles. The van der Waals surface area contributed by atoms with E-state index in [1.165, 1.54) is 16.0 Å². The first-order valence-electron chi connectivity index (χ1n) is 8.62. The summed E-state index contributed by atoms with van der Waals surface area (Å²) < 4.78 is 11.0. The highest BCUT2D eigenvalue weighted by molar-refractivity contribution is 5.69. The van der Waals surface area contributed by atoms with Gasteiger partial charge in [0.15, 0.2) is 0 Å². The normalized spacial score (nSPS) is 19.4. The van der Waals surface area contributed by atoms with Crippen LogP contribution in [0.2, 0.25) is 0 Å². The number of carbonyl (C=O) groups is 1. The number of aryl methyl sites for hydroxylation is 1. The summed E-state index contributed by atoms with van der Waals surface area (Å²) in [5.41, 5.74) is 1.07. The zero-order valence-electron chi connectivity index (χ0n) is 14.6. The molecule has 23 heavy (non-hydrogen) atoms. The van der Waals surface area contributed by atoms with Gasteiger partial charge in [-0.25, -0.2) is 0 Å². The Hall–Kier alpha value is -1.61. The van der Waals surface area contributed by atoms with Crippen LogP contribution in [0.3, 0.4) is 0 Å². The summed E-state index contributed by atoms with van der Waals surface area (Å²) in [4.78, 5) is 11.3. The molecule has 1 unspecified atom stereocenters. The smallest absolute Gasteiger partial charge is 0.305 e. The molecule has 126 valence electrons. The fourth-order valence-corrected chi connectivity index (χ4v) is 2.89. The molecule has 0 aromatic heterocycles. The summed E-state index contributed by atoms with van der Waals surface area (Å²) in [6.45, 7) is 7.29. The van der Waals surface area contributed by atoms with Gasteiger partial charge in [0.2, 0.25) is 0 Å². The van der Waals surface area contributed by atoms with E-state index >= 15 is 0 Å². The van der Waals surface area contributed by atoms with Crippen LogP contribution in [0.4, 0.5) is 0 Å². The lowest BCUT2D eigenvalue weighted by molar-refractivity contribution is -0.143. The Morgan fingerprint density at radius 1 is 1.22 bits per heavy atom. The second kappa shape index (κ2) is 8.30. The van der Waals surface area contributed by atoms with E-state index < -0.39 is 0 Å². The Kier molecular flexibility index (Phi) is 6.40. The molecule has 0 spiro atoms. The van der Waals surface area contributed by atoms with Crippen LogP contribution in [-0.2, 0) is 14.3 Å². The lowest BCUT2D eigenvalue weighted by Gasteiger charge is -2.27. The van der Waals surface area contributed by atoms with Crippen LogP contribution >= 0.6 is 0 Å². The van der Waals surface area contributed by atoms with Crippen molar-refractivity contribution in [3.05, 3.63) is 34.2 Å². The highest BCUT2D eigenvalue weighted by Crippen LogP contribution is 2.20. The van der Waals surface area contributed by atoms with Crippen LogP contribution in [0.5, 0.6) is 0 Å². The average molecular weight is 316 g/mol. The average Bonchev–Trinajstić information content (AvgIpc) is 2.51. The van der Waals surface area contributed by atoms with Crippen LogP contribution in [-0.4, -0.2) is 24.8 Å². The van der Waals surface area contributed by atoms with Gasteiger partial charge in [0.25, 0.3) is 0 Å². The van der Waals surface area contributed by atoms with Crippen LogP contribution < -0.4 is 10.4 Å². The van der Waals surface area contributed by atoms with E-state index in [0.29, 0.717) is 13.0 Å². The monoisotopic (exact) mass is 316 g/mol. The highest BCUT2D eigenvalue weighted by atomic mass is 16.5. The van der Waals surface area contributed by atoms with Crippen molar-refractivity contribution in [3.63, 3.8) is 0 Å². The molecule has 0 heterocycles. The minimum absolute atomic E-state index is 0.0949. The molecular weight excluding hydrogens is 288 g/mol. The first kappa shape index (κ1) is 17.7. The van der Waals surface area contributed by atoms with Gasteiger partial charge in [-0.2, -0.15) is 0 Å². The number of ether oxygens (including phenoxy) is 2. The highest BCUT2D eigenvalue weighted by Gasteiger charge is 2.22. The number of esters is 1. The quantitative estimate of drug-likeness (QED) is 0.546. The van der Waals surface area contributed by atoms with Crippen molar-refractivity contribution < 1.29 is 14.3 Å². The lowest BCUT2D eigenvalue weighted by atomic mass is 9.93. The third kappa shape index (κ3) is 5.51. The van der Waals surface area contributed by atoms with E-state index in [-0.39, 0.29) is 11.6 Å². The predicted molar refractivity (Wildman–Crippen MR) is 93.4 cm³/mol. The summed E-state index contributed by atoms with van der Waals surface area (Å²) in [5, 5.41) is 2.56. The van der Waals surface area contributed by atoms with Crippen molar-refractivity contribution in [1.82, 2.24) is 0 Å². The van der Waals surface area contributed by atoms with Gasteiger partial charge in [-0.1, -0.05) is 36.3 Å². The second-order valence-corrected chi connectivity index (χ2v) is 6.46. The van der Waals surface area contributed by atoms with Crippen molar-refractivity contribution in [1.29, 1.82) is 0 Å². The predicted octanol–water partition coefficient (Wildman–Crippen LogP) is 2.86. The zero-order chi connectivity index (χ0) is 16.7. The number of benzene rings is 1. The van der Waals surface area contributed by atoms with Crippen LogP contribution in [0, 0.1) is 6.92 Å². The standard InChI is InChI=1S/C20H28O3/c1-4-22-19(21)8-6-5-7-13-23-20(3)12-11-17-14-16(2)9-10-18(17)15-20/h9-11,14-15H,4-8,12-13H2,1-3H3. The molecule has 0 saturated heterocycles. The second-order valence-electron chi connectivity index (χ2n) is 6.46. The molecule has 0 N–H and O–H groups in total. The van der Waals surface area contributed by atoms with Gasteiger partial charge in [-0.3, -0.25) is 4.79 Å². The van der Waals surface area contributed by atoms with E-state index in [9.17, 15) is 4.79 Å². The Balaban J connectivity index is 1.76. The zero-order valence-corrected chi connectivity index (χ0v) is 14.6. The maximum absolute atomic E-state index is 11.3. The van der Waals surface area contributed by atoms with E-state index in [1.54, 1.807) is 0 Å². The number of unbranched alkanes of at least 4 members (excludes halogenated alkanes) is 2. The minimum Gasteiger partial charge on any atom is -0.466 e.